The number of anilines is 1. The van der Waals surface area contributed by atoms with Gasteiger partial charge in [-0.05, 0) is 44.0 Å². The van der Waals surface area contributed by atoms with Crippen molar-refractivity contribution in [1.29, 1.82) is 0 Å². The fraction of sp³-hybridized carbons (Fsp3) is 0.409. The Morgan fingerprint density at radius 3 is 2.52 bits per heavy atom. The van der Waals surface area contributed by atoms with Crippen molar-refractivity contribution in [3.8, 4) is 0 Å². The molecule has 1 N–H and O–H groups in total. The third-order valence-electron chi connectivity index (χ3n) is 5.79. The van der Waals surface area contributed by atoms with E-state index in [1.165, 1.54) is 0 Å². The van der Waals surface area contributed by atoms with Crippen molar-refractivity contribution in [2.45, 2.75) is 51.1 Å². The molecule has 1 aliphatic heterocycles. The number of carbonyl (C=O) groups excluding carboxylic acids is 3. The molecular weight excluding hydrogens is 370 g/mol. The predicted octanol–water partition coefficient (Wildman–Crippen LogP) is 3.38. The highest BCUT2D eigenvalue weighted by Crippen LogP contribution is 2.33. The van der Waals surface area contributed by atoms with Gasteiger partial charge in [0, 0.05) is 5.69 Å². The number of urea groups is 1. The largest absolute Gasteiger partial charge is 0.467 e. The fourth-order valence-electron chi connectivity index (χ4n) is 4.14. The van der Waals surface area contributed by atoms with Crippen LogP contribution in [-0.4, -0.2) is 34.8 Å². The Labute approximate surface area is 169 Å². The van der Waals surface area contributed by atoms with Gasteiger partial charge in [0.05, 0.1) is 12.8 Å². The van der Waals surface area contributed by atoms with Gasteiger partial charge in [0.2, 0.25) is 5.91 Å². The third-order valence-corrected chi connectivity index (χ3v) is 5.79. The van der Waals surface area contributed by atoms with E-state index in [-0.39, 0.29) is 24.9 Å². The summed E-state index contributed by atoms with van der Waals surface area (Å²) >= 11 is 0. The number of furan rings is 1. The molecule has 2 aromatic rings. The Morgan fingerprint density at radius 2 is 1.86 bits per heavy atom. The van der Waals surface area contributed by atoms with Crippen LogP contribution < -0.4 is 10.2 Å². The van der Waals surface area contributed by atoms with Crippen LogP contribution in [0.25, 0.3) is 0 Å². The molecule has 1 saturated carbocycles. The molecule has 1 aromatic heterocycles. The zero-order valence-electron chi connectivity index (χ0n) is 16.5. The summed E-state index contributed by atoms with van der Waals surface area (Å²) in [6.07, 6.45) is 5.70. The van der Waals surface area contributed by atoms with Gasteiger partial charge in [0.25, 0.3) is 5.91 Å². The van der Waals surface area contributed by atoms with E-state index in [1.54, 1.807) is 23.3 Å². The summed E-state index contributed by atoms with van der Waals surface area (Å²) < 4.78 is 5.41. The topological polar surface area (TPSA) is 82.9 Å². The smallest absolute Gasteiger partial charge is 0.325 e. The summed E-state index contributed by atoms with van der Waals surface area (Å²) in [4.78, 5) is 41.3. The number of rotatable bonds is 5. The number of hydrogen-bond donors (Lipinski definition) is 1. The van der Waals surface area contributed by atoms with Crippen LogP contribution in [0.2, 0.25) is 0 Å². The maximum atomic E-state index is 13.2. The van der Waals surface area contributed by atoms with Crippen LogP contribution in [0.15, 0.2) is 47.1 Å². The molecule has 1 aliphatic carbocycles. The minimum Gasteiger partial charge on any atom is -0.467 e. The van der Waals surface area contributed by atoms with Crippen molar-refractivity contribution in [2.75, 3.05) is 11.4 Å². The number of aryl methyl sites for hydroxylation is 1. The lowest BCUT2D eigenvalue weighted by Gasteiger charge is -2.30. The summed E-state index contributed by atoms with van der Waals surface area (Å²) in [6.45, 7) is 1.91. The third kappa shape index (κ3) is 3.77. The number of nitrogens with zero attached hydrogens (tertiary/aromatic N) is 2. The van der Waals surface area contributed by atoms with Crippen molar-refractivity contribution in [1.82, 2.24) is 10.2 Å². The molecule has 1 saturated heterocycles. The molecule has 0 radical (unpaired) electrons. The van der Waals surface area contributed by atoms with Crippen molar-refractivity contribution in [3.05, 3.63) is 54.0 Å². The zero-order chi connectivity index (χ0) is 20.4. The lowest BCUT2D eigenvalue weighted by Crippen LogP contribution is -2.49. The standard InChI is InChI=1S/C22H25N3O4/c1-16-7-9-17(10-8-16)24(14-18-6-5-13-29-18)19(26)15-25-20(27)22(23-21(25)28)11-3-2-4-12-22/h5-10,13H,2-4,11-12,14-15H2,1H3,(H,23,28). The molecule has 1 spiro atoms. The normalized spacial score (nSPS) is 18.2. The van der Waals surface area contributed by atoms with E-state index in [1.807, 2.05) is 31.2 Å². The molecule has 0 unspecified atom stereocenters. The van der Waals surface area contributed by atoms with E-state index >= 15 is 0 Å². The molecule has 4 rings (SSSR count). The first-order valence-electron chi connectivity index (χ1n) is 10.0. The molecule has 1 aromatic carbocycles. The van der Waals surface area contributed by atoms with E-state index in [4.69, 9.17) is 4.42 Å². The van der Waals surface area contributed by atoms with E-state index in [0.717, 1.165) is 29.7 Å². The first-order chi connectivity index (χ1) is 14.0. The minimum atomic E-state index is -0.828. The van der Waals surface area contributed by atoms with Gasteiger partial charge in [0.15, 0.2) is 0 Å². The van der Waals surface area contributed by atoms with Gasteiger partial charge in [-0.1, -0.05) is 37.0 Å². The van der Waals surface area contributed by atoms with Crippen molar-refractivity contribution in [2.24, 2.45) is 0 Å². The van der Waals surface area contributed by atoms with Crippen LogP contribution in [0.3, 0.4) is 0 Å². The van der Waals surface area contributed by atoms with E-state index in [2.05, 4.69) is 5.32 Å². The fourth-order valence-corrected chi connectivity index (χ4v) is 4.14. The van der Waals surface area contributed by atoms with Crippen LogP contribution in [0.1, 0.15) is 43.4 Å². The number of nitrogens with one attached hydrogen (secondary N) is 1. The molecule has 7 nitrogen and oxygen atoms in total. The van der Waals surface area contributed by atoms with Gasteiger partial charge in [-0.3, -0.25) is 14.5 Å². The van der Waals surface area contributed by atoms with Gasteiger partial charge >= 0.3 is 6.03 Å². The summed E-state index contributed by atoms with van der Waals surface area (Å²) in [5, 5.41) is 2.85. The molecule has 0 atom stereocenters. The lowest BCUT2D eigenvalue weighted by molar-refractivity contribution is -0.135. The Bertz CT molecular complexity index is 899. The monoisotopic (exact) mass is 395 g/mol. The first-order valence-corrected chi connectivity index (χ1v) is 10.0. The van der Waals surface area contributed by atoms with Crippen LogP contribution in [0.5, 0.6) is 0 Å². The van der Waals surface area contributed by atoms with Gasteiger partial charge in [0.1, 0.15) is 17.8 Å². The number of imide groups is 1. The number of benzene rings is 1. The number of hydrogen-bond acceptors (Lipinski definition) is 4. The summed E-state index contributed by atoms with van der Waals surface area (Å²) in [5.74, 6) is 0.0129. The number of carbonyl (C=O) groups is 3. The zero-order valence-corrected chi connectivity index (χ0v) is 16.5. The molecule has 0 bridgehead atoms. The van der Waals surface area contributed by atoms with E-state index in [9.17, 15) is 14.4 Å². The van der Waals surface area contributed by atoms with Gasteiger partial charge in [-0.2, -0.15) is 0 Å². The number of amides is 4. The average molecular weight is 395 g/mol. The van der Waals surface area contributed by atoms with Crippen LogP contribution in [0.4, 0.5) is 10.5 Å². The molecule has 2 fully saturated rings. The van der Waals surface area contributed by atoms with Crippen molar-refractivity contribution < 1.29 is 18.8 Å². The quantitative estimate of drug-likeness (QED) is 0.787. The van der Waals surface area contributed by atoms with Gasteiger partial charge in [-0.15, -0.1) is 0 Å². The SMILES string of the molecule is Cc1ccc(N(Cc2ccco2)C(=O)CN2C(=O)NC3(CCCCC3)C2=O)cc1. The van der Waals surface area contributed by atoms with Crippen LogP contribution in [0, 0.1) is 6.92 Å². The van der Waals surface area contributed by atoms with Crippen molar-refractivity contribution >= 4 is 23.5 Å². The summed E-state index contributed by atoms with van der Waals surface area (Å²) in [7, 11) is 0. The Hall–Kier alpha value is -3.09. The molecule has 7 heteroatoms. The maximum Gasteiger partial charge on any atom is 0.325 e. The van der Waals surface area contributed by atoms with Crippen molar-refractivity contribution in [3.63, 3.8) is 0 Å². The molecule has 29 heavy (non-hydrogen) atoms. The predicted molar refractivity (Wildman–Crippen MR) is 107 cm³/mol. The maximum absolute atomic E-state index is 13.2. The first kappa shape index (κ1) is 19.2. The van der Waals surface area contributed by atoms with Crippen LogP contribution in [-0.2, 0) is 16.1 Å². The van der Waals surface area contributed by atoms with Gasteiger partial charge < -0.3 is 14.6 Å². The second-order valence-corrected chi connectivity index (χ2v) is 7.86. The average Bonchev–Trinajstić information content (AvgIpc) is 3.31. The Kier molecular flexibility index (Phi) is 5.13. The highest BCUT2D eigenvalue weighted by Gasteiger charge is 2.51. The molecule has 2 heterocycles. The lowest BCUT2D eigenvalue weighted by atomic mass is 9.82. The highest BCUT2D eigenvalue weighted by molar-refractivity contribution is 6.10. The van der Waals surface area contributed by atoms with Gasteiger partial charge in [-0.25, -0.2) is 4.79 Å². The Balaban J connectivity index is 1.55. The molecular formula is C22H25N3O4. The minimum absolute atomic E-state index is 0.226. The Morgan fingerprint density at radius 1 is 1.14 bits per heavy atom. The van der Waals surface area contributed by atoms with Crippen LogP contribution >= 0.6 is 0 Å². The second-order valence-electron chi connectivity index (χ2n) is 7.86. The summed E-state index contributed by atoms with van der Waals surface area (Å²) in [6, 6.07) is 10.6. The van der Waals surface area contributed by atoms with E-state index in [0.29, 0.717) is 24.3 Å². The molecule has 152 valence electrons. The second kappa shape index (κ2) is 7.73. The molecule has 4 amide bonds. The molecule has 2 aliphatic rings. The van der Waals surface area contributed by atoms with E-state index < -0.39 is 11.6 Å². The highest BCUT2D eigenvalue weighted by atomic mass is 16.3. The summed E-state index contributed by atoms with van der Waals surface area (Å²) in [5.41, 5.74) is 0.939.